The number of aromatic nitrogens is 4. The second-order valence-corrected chi connectivity index (χ2v) is 7.52. The fourth-order valence-electron chi connectivity index (χ4n) is 4.11. The number of likely N-dealkylation sites (tertiary alicyclic amines) is 1. The van der Waals surface area contributed by atoms with Gasteiger partial charge in [-0.2, -0.15) is 10.2 Å². The van der Waals surface area contributed by atoms with E-state index >= 15 is 0 Å². The first-order valence-corrected chi connectivity index (χ1v) is 9.49. The van der Waals surface area contributed by atoms with Gasteiger partial charge < -0.3 is 9.64 Å². The minimum absolute atomic E-state index is 0.00209. The highest BCUT2D eigenvalue weighted by Gasteiger charge is 2.28. The number of nitrogens with zero attached hydrogens (tertiary/aromatic N) is 5. The third kappa shape index (κ3) is 3.59. The van der Waals surface area contributed by atoms with Crippen molar-refractivity contribution in [3.63, 3.8) is 0 Å². The van der Waals surface area contributed by atoms with Gasteiger partial charge in [-0.1, -0.05) is 0 Å². The third-order valence-corrected chi connectivity index (χ3v) is 5.66. The van der Waals surface area contributed by atoms with E-state index in [4.69, 9.17) is 4.74 Å². The van der Waals surface area contributed by atoms with Crippen molar-refractivity contribution in [2.24, 2.45) is 13.0 Å². The summed E-state index contributed by atoms with van der Waals surface area (Å²) in [5.41, 5.74) is 3.44. The van der Waals surface area contributed by atoms with Crippen LogP contribution in [-0.4, -0.2) is 50.7 Å². The Bertz CT molecular complexity index is 820. The molecule has 0 radical (unpaired) electrons. The molecule has 1 fully saturated rings. The average molecular weight is 357 g/mol. The second-order valence-electron chi connectivity index (χ2n) is 7.52. The highest BCUT2D eigenvalue weighted by Crippen LogP contribution is 2.29. The lowest BCUT2D eigenvalue weighted by Gasteiger charge is -2.35. The van der Waals surface area contributed by atoms with Crippen LogP contribution in [0.3, 0.4) is 0 Å². The molecular formula is C19H27N5O2. The molecule has 1 unspecified atom stereocenters. The Balaban J connectivity index is 1.33. The van der Waals surface area contributed by atoms with E-state index in [0.717, 1.165) is 57.7 Å². The predicted molar refractivity (Wildman–Crippen MR) is 98.0 cm³/mol. The highest BCUT2D eigenvalue weighted by molar-refractivity contribution is 5.23. The molecule has 4 heterocycles. The van der Waals surface area contributed by atoms with Crippen molar-refractivity contribution < 1.29 is 4.74 Å². The van der Waals surface area contributed by atoms with Gasteiger partial charge in [-0.05, 0) is 44.8 Å². The van der Waals surface area contributed by atoms with Crippen LogP contribution in [0.25, 0.3) is 0 Å². The zero-order chi connectivity index (χ0) is 18.1. The van der Waals surface area contributed by atoms with E-state index in [-0.39, 0.29) is 11.7 Å². The quantitative estimate of drug-likeness (QED) is 0.826. The van der Waals surface area contributed by atoms with E-state index in [2.05, 4.69) is 15.1 Å². The van der Waals surface area contributed by atoms with Crippen LogP contribution >= 0.6 is 0 Å². The highest BCUT2D eigenvalue weighted by atomic mass is 16.5. The van der Waals surface area contributed by atoms with Crippen molar-refractivity contribution in [2.75, 3.05) is 26.2 Å². The summed E-state index contributed by atoms with van der Waals surface area (Å²) in [7, 11) is 2.01. The monoisotopic (exact) mass is 357 g/mol. The van der Waals surface area contributed by atoms with E-state index in [9.17, 15) is 4.79 Å². The summed E-state index contributed by atoms with van der Waals surface area (Å²) in [5, 5.41) is 8.76. The van der Waals surface area contributed by atoms with Gasteiger partial charge >= 0.3 is 0 Å². The summed E-state index contributed by atoms with van der Waals surface area (Å²) in [6.45, 7) is 6.43. The Morgan fingerprint density at radius 3 is 2.85 bits per heavy atom. The van der Waals surface area contributed by atoms with Crippen molar-refractivity contribution in [3.05, 3.63) is 45.6 Å². The molecular weight excluding hydrogens is 330 g/mol. The zero-order valence-electron chi connectivity index (χ0n) is 15.6. The number of hydrogen-bond donors (Lipinski definition) is 0. The van der Waals surface area contributed by atoms with E-state index < -0.39 is 0 Å². The van der Waals surface area contributed by atoms with Gasteiger partial charge in [0, 0.05) is 43.9 Å². The SMILES string of the molecule is Cc1ccc(=O)n(CC2CCN(CC3OCCc4c3cnn4C)CC2)n1. The van der Waals surface area contributed by atoms with Crippen molar-refractivity contribution in [3.8, 4) is 0 Å². The summed E-state index contributed by atoms with van der Waals surface area (Å²) < 4.78 is 9.62. The van der Waals surface area contributed by atoms with Crippen LogP contribution in [0.2, 0.25) is 0 Å². The predicted octanol–water partition coefficient (Wildman–Crippen LogP) is 1.31. The molecule has 2 aromatic rings. The van der Waals surface area contributed by atoms with Crippen LogP contribution in [0.4, 0.5) is 0 Å². The minimum Gasteiger partial charge on any atom is -0.372 e. The van der Waals surface area contributed by atoms with Crippen molar-refractivity contribution in [2.45, 2.75) is 38.8 Å². The first-order valence-electron chi connectivity index (χ1n) is 9.49. The fourth-order valence-corrected chi connectivity index (χ4v) is 4.11. The maximum Gasteiger partial charge on any atom is 0.266 e. The number of fused-ring (bicyclic) bond motifs is 1. The van der Waals surface area contributed by atoms with E-state index in [1.165, 1.54) is 11.3 Å². The molecule has 26 heavy (non-hydrogen) atoms. The van der Waals surface area contributed by atoms with Gasteiger partial charge in [0.2, 0.25) is 0 Å². The maximum absolute atomic E-state index is 12.0. The van der Waals surface area contributed by atoms with E-state index in [1.807, 2.05) is 24.9 Å². The minimum atomic E-state index is -0.00209. The number of hydrogen-bond acceptors (Lipinski definition) is 5. The molecule has 0 aliphatic carbocycles. The first kappa shape index (κ1) is 17.4. The molecule has 2 aliphatic heterocycles. The Labute approximate surface area is 153 Å². The van der Waals surface area contributed by atoms with Crippen LogP contribution in [0.5, 0.6) is 0 Å². The molecule has 1 atom stereocenters. The van der Waals surface area contributed by atoms with E-state index in [0.29, 0.717) is 5.92 Å². The van der Waals surface area contributed by atoms with Gasteiger partial charge in [0.05, 0.1) is 24.6 Å². The third-order valence-electron chi connectivity index (χ3n) is 5.66. The molecule has 0 bridgehead atoms. The topological polar surface area (TPSA) is 65.2 Å². The maximum atomic E-state index is 12.0. The van der Waals surface area contributed by atoms with Crippen LogP contribution in [0.15, 0.2) is 23.1 Å². The molecule has 0 amide bonds. The summed E-state index contributed by atoms with van der Waals surface area (Å²) in [6.07, 6.45) is 5.22. The van der Waals surface area contributed by atoms with Crippen molar-refractivity contribution in [1.29, 1.82) is 0 Å². The number of piperidine rings is 1. The molecule has 0 N–H and O–H groups in total. The van der Waals surface area contributed by atoms with Crippen LogP contribution in [0.1, 0.15) is 35.9 Å². The molecule has 7 nitrogen and oxygen atoms in total. The van der Waals surface area contributed by atoms with Gasteiger partial charge in [0.1, 0.15) is 0 Å². The molecule has 1 saturated heterocycles. The van der Waals surface area contributed by atoms with Crippen LogP contribution < -0.4 is 5.56 Å². The van der Waals surface area contributed by atoms with Crippen molar-refractivity contribution in [1.82, 2.24) is 24.5 Å². The summed E-state index contributed by atoms with van der Waals surface area (Å²) >= 11 is 0. The standard InChI is InChI=1S/C19H27N5O2/c1-14-3-4-19(25)24(21-14)12-15-5-8-23(9-6-15)13-18-16-11-20-22(2)17(16)7-10-26-18/h3-4,11,15,18H,5-10,12-13H2,1-2H3. The zero-order valence-corrected chi connectivity index (χ0v) is 15.6. The summed E-state index contributed by atoms with van der Waals surface area (Å²) in [5.74, 6) is 0.513. The van der Waals surface area contributed by atoms with Gasteiger partial charge in [0.15, 0.2) is 0 Å². The second kappa shape index (κ2) is 7.32. The Hall–Kier alpha value is -1.99. The molecule has 0 spiro atoms. The lowest BCUT2D eigenvalue weighted by atomic mass is 9.96. The normalized spacial score (nSPS) is 21.7. The Morgan fingerprint density at radius 1 is 1.23 bits per heavy atom. The van der Waals surface area contributed by atoms with Crippen molar-refractivity contribution >= 4 is 0 Å². The van der Waals surface area contributed by atoms with Gasteiger partial charge in [-0.25, -0.2) is 4.68 Å². The molecule has 2 aliphatic rings. The molecule has 0 saturated carbocycles. The first-order chi connectivity index (χ1) is 12.6. The smallest absolute Gasteiger partial charge is 0.266 e. The average Bonchev–Trinajstić information content (AvgIpc) is 3.02. The van der Waals surface area contributed by atoms with Crippen LogP contribution in [0, 0.1) is 12.8 Å². The van der Waals surface area contributed by atoms with Crippen LogP contribution in [-0.2, 0) is 24.8 Å². The van der Waals surface area contributed by atoms with Gasteiger partial charge in [0.25, 0.3) is 5.56 Å². The lowest BCUT2D eigenvalue weighted by molar-refractivity contribution is 0.00700. The largest absolute Gasteiger partial charge is 0.372 e. The molecule has 4 rings (SSSR count). The molecule has 140 valence electrons. The number of aryl methyl sites for hydroxylation is 2. The molecule has 7 heteroatoms. The summed E-state index contributed by atoms with van der Waals surface area (Å²) in [6, 6.07) is 3.39. The lowest BCUT2D eigenvalue weighted by Crippen LogP contribution is -2.40. The Kier molecular flexibility index (Phi) is 4.91. The van der Waals surface area contributed by atoms with E-state index in [1.54, 1.807) is 16.8 Å². The van der Waals surface area contributed by atoms with Gasteiger partial charge in [-0.3, -0.25) is 9.48 Å². The fraction of sp³-hybridized carbons (Fsp3) is 0.632. The Morgan fingerprint density at radius 2 is 2.04 bits per heavy atom. The molecule has 0 aromatic carbocycles. The molecule has 2 aromatic heterocycles. The number of ether oxygens (including phenoxy) is 1. The summed E-state index contributed by atoms with van der Waals surface area (Å²) in [4.78, 5) is 14.4. The van der Waals surface area contributed by atoms with Gasteiger partial charge in [-0.15, -0.1) is 0 Å². The number of rotatable bonds is 4.